The standard InChI is InChI=1S/C12H24N2O2S/c1-9(2)14-11(12(13)15)5-7-17-8-10-4-3-6-16-10/h9-11,14H,3-8H2,1-2H3,(H2,13,15). The molecule has 2 atom stereocenters. The normalized spacial score (nSPS) is 21.9. The summed E-state index contributed by atoms with van der Waals surface area (Å²) in [5, 5.41) is 3.19. The molecule has 2 unspecified atom stereocenters. The third-order valence-corrected chi connectivity index (χ3v) is 3.89. The first-order valence-corrected chi connectivity index (χ1v) is 7.49. The van der Waals surface area contributed by atoms with Gasteiger partial charge in [-0.1, -0.05) is 13.8 Å². The van der Waals surface area contributed by atoms with Crippen LogP contribution in [0, 0.1) is 0 Å². The van der Waals surface area contributed by atoms with E-state index in [4.69, 9.17) is 10.5 Å². The first kappa shape index (κ1) is 14.8. The zero-order valence-electron chi connectivity index (χ0n) is 10.8. The van der Waals surface area contributed by atoms with E-state index in [1.54, 1.807) is 0 Å². The number of ether oxygens (including phenoxy) is 1. The van der Waals surface area contributed by atoms with Crippen LogP contribution >= 0.6 is 11.8 Å². The summed E-state index contributed by atoms with van der Waals surface area (Å²) in [5.74, 6) is 1.73. The SMILES string of the molecule is CC(C)NC(CCSCC1CCCO1)C(N)=O. The molecule has 0 radical (unpaired) electrons. The van der Waals surface area contributed by atoms with E-state index >= 15 is 0 Å². The molecule has 0 aromatic carbocycles. The molecule has 1 heterocycles. The summed E-state index contributed by atoms with van der Waals surface area (Å²) in [4.78, 5) is 11.2. The molecule has 1 aliphatic rings. The van der Waals surface area contributed by atoms with E-state index in [0.717, 1.165) is 24.5 Å². The Labute approximate surface area is 108 Å². The third-order valence-electron chi connectivity index (χ3n) is 2.76. The number of rotatable bonds is 8. The lowest BCUT2D eigenvalue weighted by molar-refractivity contribution is -0.120. The average Bonchev–Trinajstić information content (AvgIpc) is 2.74. The molecular weight excluding hydrogens is 236 g/mol. The number of nitrogens with one attached hydrogen (secondary N) is 1. The van der Waals surface area contributed by atoms with Gasteiger partial charge in [-0.05, 0) is 25.0 Å². The molecule has 3 N–H and O–H groups in total. The molecule has 0 aliphatic carbocycles. The van der Waals surface area contributed by atoms with E-state index in [9.17, 15) is 4.79 Å². The number of hydrogen-bond donors (Lipinski definition) is 2. The maximum atomic E-state index is 11.2. The highest BCUT2D eigenvalue weighted by Crippen LogP contribution is 2.17. The van der Waals surface area contributed by atoms with Gasteiger partial charge in [0.2, 0.25) is 5.91 Å². The van der Waals surface area contributed by atoms with Crippen molar-refractivity contribution in [1.29, 1.82) is 0 Å². The summed E-state index contributed by atoms with van der Waals surface area (Å²) >= 11 is 1.85. The van der Waals surface area contributed by atoms with Crippen molar-refractivity contribution in [2.24, 2.45) is 5.73 Å². The smallest absolute Gasteiger partial charge is 0.234 e. The third kappa shape index (κ3) is 6.29. The maximum absolute atomic E-state index is 11.2. The second kappa shape index (κ2) is 7.95. The van der Waals surface area contributed by atoms with Crippen LogP contribution in [-0.2, 0) is 9.53 Å². The predicted molar refractivity (Wildman–Crippen MR) is 72.2 cm³/mol. The fourth-order valence-corrected chi connectivity index (χ4v) is 3.00. The fraction of sp³-hybridized carbons (Fsp3) is 0.917. The highest BCUT2D eigenvalue weighted by molar-refractivity contribution is 7.99. The van der Waals surface area contributed by atoms with Crippen molar-refractivity contribution >= 4 is 17.7 Å². The van der Waals surface area contributed by atoms with E-state index < -0.39 is 0 Å². The molecule has 0 aromatic heterocycles. The first-order valence-electron chi connectivity index (χ1n) is 6.34. The minimum atomic E-state index is -0.253. The van der Waals surface area contributed by atoms with Gasteiger partial charge in [-0.15, -0.1) is 0 Å². The molecular formula is C12H24N2O2S. The minimum absolute atomic E-state index is 0.202. The van der Waals surface area contributed by atoms with Gasteiger partial charge in [0.05, 0.1) is 12.1 Å². The lowest BCUT2D eigenvalue weighted by atomic mass is 10.2. The largest absolute Gasteiger partial charge is 0.377 e. The van der Waals surface area contributed by atoms with Gasteiger partial charge in [-0.3, -0.25) is 4.79 Å². The Bertz CT molecular complexity index is 231. The summed E-state index contributed by atoms with van der Waals surface area (Å²) in [6, 6.07) is 0.0858. The molecule has 1 aliphatic heterocycles. The summed E-state index contributed by atoms with van der Waals surface area (Å²) < 4.78 is 5.54. The Kier molecular flexibility index (Phi) is 6.92. The van der Waals surface area contributed by atoms with Gasteiger partial charge in [-0.25, -0.2) is 0 Å². The molecule has 0 aromatic rings. The van der Waals surface area contributed by atoms with Gasteiger partial charge in [0.15, 0.2) is 0 Å². The van der Waals surface area contributed by atoms with Gasteiger partial charge < -0.3 is 15.8 Å². The van der Waals surface area contributed by atoms with Gasteiger partial charge in [0, 0.05) is 18.4 Å². The second-order valence-electron chi connectivity index (χ2n) is 4.77. The van der Waals surface area contributed by atoms with Crippen molar-refractivity contribution in [1.82, 2.24) is 5.32 Å². The number of primary amides is 1. The first-order chi connectivity index (χ1) is 8.09. The van der Waals surface area contributed by atoms with E-state index in [1.807, 2.05) is 25.6 Å². The van der Waals surface area contributed by atoms with Gasteiger partial charge >= 0.3 is 0 Å². The zero-order chi connectivity index (χ0) is 12.7. The number of carbonyl (C=O) groups excluding carboxylic acids is 1. The number of carbonyl (C=O) groups is 1. The summed E-state index contributed by atoms with van der Waals surface area (Å²) in [5.41, 5.74) is 5.35. The number of nitrogens with two attached hydrogens (primary N) is 1. The monoisotopic (exact) mass is 260 g/mol. The highest BCUT2D eigenvalue weighted by atomic mass is 32.2. The van der Waals surface area contributed by atoms with Crippen LogP contribution in [0.15, 0.2) is 0 Å². The van der Waals surface area contributed by atoms with Crippen LogP contribution in [0.3, 0.4) is 0 Å². The number of amides is 1. The van der Waals surface area contributed by atoms with Crippen LogP contribution in [0.5, 0.6) is 0 Å². The number of hydrogen-bond acceptors (Lipinski definition) is 4. The van der Waals surface area contributed by atoms with Crippen molar-refractivity contribution in [3.8, 4) is 0 Å². The molecule has 5 heteroatoms. The van der Waals surface area contributed by atoms with E-state index in [0.29, 0.717) is 6.10 Å². The molecule has 1 saturated heterocycles. The molecule has 100 valence electrons. The quantitative estimate of drug-likeness (QED) is 0.642. The van der Waals surface area contributed by atoms with Gasteiger partial charge in [0.25, 0.3) is 0 Å². The van der Waals surface area contributed by atoms with Crippen molar-refractivity contribution in [2.75, 3.05) is 18.1 Å². The second-order valence-corrected chi connectivity index (χ2v) is 5.92. The molecule has 1 rings (SSSR count). The van der Waals surface area contributed by atoms with Gasteiger partial charge in [0.1, 0.15) is 0 Å². The highest BCUT2D eigenvalue weighted by Gasteiger charge is 2.17. The zero-order valence-corrected chi connectivity index (χ0v) is 11.6. The average molecular weight is 260 g/mol. The van der Waals surface area contributed by atoms with Crippen LogP contribution < -0.4 is 11.1 Å². The lowest BCUT2D eigenvalue weighted by Gasteiger charge is -2.18. The molecule has 17 heavy (non-hydrogen) atoms. The Morgan fingerprint density at radius 1 is 1.59 bits per heavy atom. The van der Waals surface area contributed by atoms with E-state index in [-0.39, 0.29) is 18.0 Å². The van der Waals surface area contributed by atoms with Crippen molar-refractivity contribution in [3.05, 3.63) is 0 Å². The maximum Gasteiger partial charge on any atom is 0.234 e. The van der Waals surface area contributed by atoms with Crippen LogP contribution in [0.1, 0.15) is 33.1 Å². The molecule has 1 amide bonds. The molecule has 0 bridgehead atoms. The Balaban J connectivity index is 2.11. The Morgan fingerprint density at radius 3 is 2.88 bits per heavy atom. The lowest BCUT2D eigenvalue weighted by Crippen LogP contribution is -2.44. The minimum Gasteiger partial charge on any atom is -0.377 e. The predicted octanol–water partition coefficient (Wildman–Crippen LogP) is 1.14. The van der Waals surface area contributed by atoms with Crippen LogP contribution in [0.25, 0.3) is 0 Å². The van der Waals surface area contributed by atoms with E-state index in [1.165, 1.54) is 12.8 Å². The summed E-state index contributed by atoms with van der Waals surface area (Å²) in [6.07, 6.45) is 3.58. The van der Waals surface area contributed by atoms with Crippen molar-refractivity contribution < 1.29 is 9.53 Å². The van der Waals surface area contributed by atoms with Crippen LogP contribution in [0.4, 0.5) is 0 Å². The molecule has 0 saturated carbocycles. The van der Waals surface area contributed by atoms with Crippen molar-refractivity contribution in [2.45, 2.75) is 51.3 Å². The van der Waals surface area contributed by atoms with Crippen LogP contribution in [-0.4, -0.2) is 42.2 Å². The number of thioether (sulfide) groups is 1. The summed E-state index contributed by atoms with van der Waals surface area (Å²) in [6.45, 7) is 4.95. The van der Waals surface area contributed by atoms with Crippen LogP contribution in [0.2, 0.25) is 0 Å². The molecule has 0 spiro atoms. The Hall–Kier alpha value is -0.260. The van der Waals surface area contributed by atoms with E-state index in [2.05, 4.69) is 5.32 Å². The topological polar surface area (TPSA) is 64.3 Å². The Morgan fingerprint density at radius 2 is 2.35 bits per heavy atom. The van der Waals surface area contributed by atoms with Gasteiger partial charge in [-0.2, -0.15) is 11.8 Å². The molecule has 1 fully saturated rings. The van der Waals surface area contributed by atoms with Crippen molar-refractivity contribution in [3.63, 3.8) is 0 Å². The summed E-state index contributed by atoms with van der Waals surface area (Å²) in [7, 11) is 0. The fourth-order valence-electron chi connectivity index (χ4n) is 1.90. The molecule has 4 nitrogen and oxygen atoms in total.